The van der Waals surface area contributed by atoms with Crippen LogP contribution in [0.1, 0.15) is 13.3 Å². The van der Waals surface area contributed by atoms with E-state index in [1.807, 2.05) is 6.92 Å². The third-order valence-corrected chi connectivity index (χ3v) is 2.55. The predicted octanol–water partition coefficient (Wildman–Crippen LogP) is 2.64. The van der Waals surface area contributed by atoms with Crippen LogP contribution in [0, 0.1) is 23.3 Å². The van der Waals surface area contributed by atoms with Crippen LogP contribution >= 0.6 is 0 Å². The van der Waals surface area contributed by atoms with E-state index in [-0.39, 0.29) is 25.3 Å². The lowest BCUT2D eigenvalue weighted by Crippen LogP contribution is -2.39. The lowest BCUT2D eigenvalue weighted by molar-refractivity contribution is 0.131. The second kappa shape index (κ2) is 8.06. The zero-order valence-corrected chi connectivity index (χ0v) is 11.3. The average molecular weight is 295 g/mol. The first-order valence-electron chi connectivity index (χ1n) is 6.19. The van der Waals surface area contributed by atoms with Gasteiger partial charge in [0.1, 0.15) is 6.61 Å². The van der Waals surface area contributed by atoms with Crippen LogP contribution in [-0.2, 0) is 4.74 Å². The Morgan fingerprint density at radius 1 is 1.10 bits per heavy atom. The van der Waals surface area contributed by atoms with Crippen molar-refractivity contribution in [1.29, 1.82) is 0 Å². The van der Waals surface area contributed by atoms with Gasteiger partial charge in [-0.05, 0) is 13.0 Å². The van der Waals surface area contributed by atoms with Crippen molar-refractivity contribution < 1.29 is 27.0 Å². The fraction of sp³-hybridized carbons (Fsp3) is 0.538. The summed E-state index contributed by atoms with van der Waals surface area (Å²) < 4.78 is 62.5. The Hall–Kier alpha value is -1.34. The van der Waals surface area contributed by atoms with Crippen LogP contribution in [0.25, 0.3) is 0 Å². The van der Waals surface area contributed by atoms with Gasteiger partial charge in [-0.25, -0.2) is 8.78 Å². The number of rotatable bonds is 8. The topological polar surface area (TPSA) is 30.5 Å². The number of halogens is 4. The number of methoxy groups -OCH3 is 1. The number of benzene rings is 1. The van der Waals surface area contributed by atoms with Gasteiger partial charge < -0.3 is 14.8 Å². The summed E-state index contributed by atoms with van der Waals surface area (Å²) in [5.41, 5.74) is 0. The fourth-order valence-corrected chi connectivity index (χ4v) is 1.58. The molecule has 0 saturated carbocycles. The molecule has 1 aromatic rings. The second-order valence-corrected chi connectivity index (χ2v) is 4.21. The highest BCUT2D eigenvalue weighted by Crippen LogP contribution is 2.26. The summed E-state index contributed by atoms with van der Waals surface area (Å²) in [6, 6.07) is -0.204. The second-order valence-electron chi connectivity index (χ2n) is 4.21. The van der Waals surface area contributed by atoms with E-state index in [1.54, 1.807) is 0 Å². The maximum Gasteiger partial charge on any atom is 0.203 e. The van der Waals surface area contributed by atoms with E-state index in [2.05, 4.69) is 5.32 Å². The zero-order valence-electron chi connectivity index (χ0n) is 11.3. The molecule has 20 heavy (non-hydrogen) atoms. The summed E-state index contributed by atoms with van der Waals surface area (Å²) in [7, 11) is 1.46. The quantitative estimate of drug-likeness (QED) is 0.591. The van der Waals surface area contributed by atoms with Crippen LogP contribution in [0.3, 0.4) is 0 Å². The van der Waals surface area contributed by atoms with Gasteiger partial charge in [0.2, 0.25) is 11.6 Å². The van der Waals surface area contributed by atoms with Crippen molar-refractivity contribution in [1.82, 2.24) is 5.32 Å². The molecule has 0 aliphatic carbocycles. The molecule has 0 spiro atoms. The van der Waals surface area contributed by atoms with Gasteiger partial charge in [0.05, 0.1) is 12.6 Å². The lowest BCUT2D eigenvalue weighted by Gasteiger charge is -2.18. The van der Waals surface area contributed by atoms with Crippen molar-refractivity contribution in [2.24, 2.45) is 0 Å². The van der Waals surface area contributed by atoms with E-state index >= 15 is 0 Å². The molecule has 0 aromatic heterocycles. The Morgan fingerprint density at radius 2 is 1.70 bits per heavy atom. The third kappa shape index (κ3) is 4.35. The Bertz CT molecular complexity index is 417. The highest BCUT2D eigenvalue weighted by molar-refractivity contribution is 5.28. The monoisotopic (exact) mass is 295 g/mol. The van der Waals surface area contributed by atoms with E-state index in [1.165, 1.54) is 7.11 Å². The summed E-state index contributed by atoms with van der Waals surface area (Å²) in [5.74, 6) is -7.14. The van der Waals surface area contributed by atoms with Crippen molar-refractivity contribution in [3.8, 4) is 5.75 Å². The van der Waals surface area contributed by atoms with E-state index in [9.17, 15) is 17.6 Å². The molecule has 1 unspecified atom stereocenters. The van der Waals surface area contributed by atoms with E-state index in [0.29, 0.717) is 6.54 Å². The van der Waals surface area contributed by atoms with Crippen LogP contribution in [0.5, 0.6) is 5.75 Å². The van der Waals surface area contributed by atoms with E-state index in [4.69, 9.17) is 9.47 Å². The van der Waals surface area contributed by atoms with Crippen molar-refractivity contribution in [2.45, 2.75) is 19.4 Å². The van der Waals surface area contributed by atoms with Crippen LogP contribution in [0.4, 0.5) is 17.6 Å². The summed E-state index contributed by atoms with van der Waals surface area (Å²) >= 11 is 0. The molecule has 0 heterocycles. The first-order valence-corrected chi connectivity index (χ1v) is 6.19. The SMILES string of the molecule is CCCNC(COC)COc1c(F)c(F)cc(F)c1F. The van der Waals surface area contributed by atoms with Crippen LogP contribution in [-0.4, -0.2) is 32.9 Å². The van der Waals surface area contributed by atoms with Gasteiger partial charge in [-0.2, -0.15) is 8.78 Å². The number of ether oxygens (including phenoxy) is 2. The molecule has 114 valence electrons. The molecule has 1 rings (SSSR count). The largest absolute Gasteiger partial charge is 0.486 e. The Kier molecular flexibility index (Phi) is 6.74. The standard InChI is InChI=1S/C13H17F4NO2/c1-3-4-18-8(6-19-2)7-20-13-11(16)9(14)5-10(15)12(13)17/h5,8,18H,3-4,6-7H2,1-2H3. The molecule has 0 bridgehead atoms. The molecule has 3 nitrogen and oxygen atoms in total. The molecular formula is C13H17F4NO2. The van der Waals surface area contributed by atoms with Gasteiger partial charge in [0.25, 0.3) is 0 Å². The summed E-state index contributed by atoms with van der Waals surface area (Å²) in [6.07, 6.45) is 0.845. The molecule has 1 aromatic carbocycles. The molecule has 1 atom stereocenters. The van der Waals surface area contributed by atoms with Crippen molar-refractivity contribution in [3.63, 3.8) is 0 Å². The molecule has 0 saturated heterocycles. The van der Waals surface area contributed by atoms with Gasteiger partial charge in [0, 0.05) is 13.2 Å². The van der Waals surface area contributed by atoms with E-state index in [0.717, 1.165) is 6.42 Å². The normalized spacial score (nSPS) is 12.5. The molecule has 0 radical (unpaired) electrons. The lowest BCUT2D eigenvalue weighted by atomic mass is 10.2. The van der Waals surface area contributed by atoms with Crippen LogP contribution in [0.2, 0.25) is 0 Å². The first-order chi connectivity index (χ1) is 9.51. The van der Waals surface area contributed by atoms with Crippen LogP contribution in [0.15, 0.2) is 6.07 Å². The van der Waals surface area contributed by atoms with E-state index < -0.39 is 29.0 Å². The fourth-order valence-electron chi connectivity index (χ4n) is 1.58. The van der Waals surface area contributed by atoms with Crippen molar-refractivity contribution in [3.05, 3.63) is 29.3 Å². The smallest absolute Gasteiger partial charge is 0.203 e. The highest BCUT2D eigenvalue weighted by atomic mass is 19.2. The summed E-state index contributed by atoms with van der Waals surface area (Å²) in [5, 5.41) is 3.03. The van der Waals surface area contributed by atoms with Gasteiger partial charge in [0.15, 0.2) is 17.4 Å². The number of nitrogens with one attached hydrogen (secondary N) is 1. The van der Waals surface area contributed by atoms with Crippen molar-refractivity contribution >= 4 is 0 Å². The maximum atomic E-state index is 13.4. The molecule has 0 fully saturated rings. The molecule has 0 amide bonds. The molecular weight excluding hydrogens is 278 g/mol. The van der Waals surface area contributed by atoms with Gasteiger partial charge in [-0.15, -0.1) is 0 Å². The molecule has 0 aliphatic rings. The third-order valence-electron chi connectivity index (χ3n) is 2.55. The van der Waals surface area contributed by atoms with Crippen LogP contribution < -0.4 is 10.1 Å². The highest BCUT2D eigenvalue weighted by Gasteiger charge is 2.21. The van der Waals surface area contributed by atoms with Gasteiger partial charge in [-0.1, -0.05) is 6.92 Å². The average Bonchev–Trinajstić information content (AvgIpc) is 2.42. The summed E-state index contributed by atoms with van der Waals surface area (Å²) in [6.45, 7) is 2.66. The van der Waals surface area contributed by atoms with Gasteiger partial charge in [-0.3, -0.25) is 0 Å². The predicted molar refractivity (Wildman–Crippen MR) is 65.7 cm³/mol. The molecule has 7 heteroatoms. The first kappa shape index (κ1) is 16.7. The Morgan fingerprint density at radius 3 is 2.20 bits per heavy atom. The maximum absolute atomic E-state index is 13.4. The number of hydrogen-bond donors (Lipinski definition) is 1. The van der Waals surface area contributed by atoms with Crippen molar-refractivity contribution in [2.75, 3.05) is 26.9 Å². The zero-order chi connectivity index (χ0) is 15.1. The van der Waals surface area contributed by atoms with Gasteiger partial charge >= 0.3 is 0 Å². The Labute approximate surface area is 114 Å². The molecule has 1 N–H and O–H groups in total. The summed E-state index contributed by atoms with van der Waals surface area (Å²) in [4.78, 5) is 0. The minimum absolute atomic E-state index is 0.138. The minimum atomic E-state index is -1.55. The number of hydrogen-bond acceptors (Lipinski definition) is 3. The Balaban J connectivity index is 2.77. The minimum Gasteiger partial charge on any atom is -0.486 e. The molecule has 0 aliphatic heterocycles.